The minimum Gasteiger partial charge on any atom is -0.324 e. The third-order valence-corrected chi connectivity index (χ3v) is 13.0. The highest BCUT2D eigenvalue weighted by Gasteiger charge is 2.18. The van der Waals surface area contributed by atoms with Crippen LogP contribution in [0.5, 0.6) is 0 Å². The van der Waals surface area contributed by atoms with Gasteiger partial charge in [0.25, 0.3) is 0 Å². The summed E-state index contributed by atoms with van der Waals surface area (Å²) in [5, 5.41) is 0. The van der Waals surface area contributed by atoms with Gasteiger partial charge in [-0.05, 0) is 33.4 Å². The summed E-state index contributed by atoms with van der Waals surface area (Å²) in [4.78, 5) is 69.9. The molecule has 7 rings (SSSR count). The first-order valence-corrected chi connectivity index (χ1v) is 25.6. The predicted octanol–water partition coefficient (Wildman–Crippen LogP) is 6.44. The highest BCUT2D eigenvalue weighted by atomic mass is 31.2. The number of benzene rings is 3. The van der Waals surface area contributed by atoms with Crippen LogP contribution in [0.1, 0.15) is 19.3 Å². The van der Waals surface area contributed by atoms with E-state index in [2.05, 4.69) is 0 Å². The van der Waals surface area contributed by atoms with Crippen LogP contribution in [0.3, 0.4) is 0 Å². The van der Waals surface area contributed by atoms with Gasteiger partial charge in [0, 0.05) is 72.4 Å². The largest absolute Gasteiger partial charge is 0.325 e. The van der Waals surface area contributed by atoms with Gasteiger partial charge >= 0.3 is 22.8 Å². The Bertz CT molecular complexity index is 2460. The van der Waals surface area contributed by atoms with E-state index in [1.54, 1.807) is 0 Å². The van der Waals surface area contributed by atoms with E-state index < -0.39 is 22.8 Å². The van der Waals surface area contributed by atoms with Crippen LogP contribution in [0, 0.1) is 0 Å². The van der Waals surface area contributed by atoms with Gasteiger partial charge in [-0.3, -0.25) is 13.7 Å². The molecule has 4 aromatic heterocycles. The average molecular weight is 910 g/mol. The number of hydrogen-bond acceptors (Lipinski definition) is 6. The Labute approximate surface area is 364 Å². The van der Waals surface area contributed by atoms with E-state index in [4.69, 9.17) is 15.0 Å². The van der Waals surface area contributed by atoms with E-state index in [1.807, 2.05) is 160 Å². The van der Waals surface area contributed by atoms with Gasteiger partial charge in [0.05, 0.1) is 18.5 Å². The Hall–Kier alpha value is -5.43. The summed E-state index contributed by atoms with van der Waals surface area (Å²) in [5.41, 5.74) is 8.22. The van der Waals surface area contributed by atoms with E-state index in [9.17, 15) is 43.1 Å². The number of rotatable bonds is 18. The van der Waals surface area contributed by atoms with Gasteiger partial charge < -0.3 is 29.4 Å². The minimum atomic E-state index is -4.04. The van der Waals surface area contributed by atoms with Crippen LogP contribution in [0.2, 0.25) is 0 Å². The van der Waals surface area contributed by atoms with Crippen LogP contribution in [0.15, 0.2) is 146 Å². The number of nitrogens with zero attached hydrogens (tertiary/aromatic N) is 6. The molecule has 324 valence electrons. The molecule has 6 N–H and O–H groups in total. The van der Waals surface area contributed by atoms with Crippen molar-refractivity contribution in [2.24, 2.45) is 0 Å². The zero-order chi connectivity index (χ0) is 44.6. The van der Waals surface area contributed by atoms with Crippen molar-refractivity contribution < 1.29 is 56.8 Å². The molecular weight excluding hydrogens is 861 g/mol. The number of pyridine rings is 3. The lowest BCUT2D eigenvalue weighted by Crippen LogP contribution is -2.32. The molecule has 7 aromatic rings. The van der Waals surface area contributed by atoms with E-state index in [-0.39, 0.29) is 18.5 Å². The van der Waals surface area contributed by atoms with Crippen molar-refractivity contribution >= 4 is 22.8 Å². The summed E-state index contributed by atoms with van der Waals surface area (Å²) in [6.45, 7) is 1.49. The smallest absolute Gasteiger partial charge is 0.324 e. The van der Waals surface area contributed by atoms with Gasteiger partial charge in [-0.2, -0.15) is 0 Å². The lowest BCUT2D eigenvalue weighted by atomic mass is 10.0. The van der Waals surface area contributed by atoms with Crippen LogP contribution < -0.4 is 13.7 Å². The second-order valence-electron chi connectivity index (χ2n) is 15.2. The van der Waals surface area contributed by atoms with Crippen LogP contribution in [-0.2, 0) is 33.3 Å². The molecular formula is C45H48N6O9P3+3. The summed E-state index contributed by atoms with van der Waals surface area (Å²) in [6, 6.07) is 35.6. The topological polar surface area (TPSA) is 223 Å². The van der Waals surface area contributed by atoms with Gasteiger partial charge in [0.1, 0.15) is 19.6 Å². The summed E-state index contributed by atoms with van der Waals surface area (Å²) in [7, 11) is -12.1. The van der Waals surface area contributed by atoms with Gasteiger partial charge in [-0.1, -0.05) is 72.8 Å². The Kier molecular flexibility index (Phi) is 14.4. The zero-order valence-corrected chi connectivity index (χ0v) is 36.8. The van der Waals surface area contributed by atoms with Crippen molar-refractivity contribution in [3.63, 3.8) is 0 Å². The first kappa shape index (κ1) is 45.6. The van der Waals surface area contributed by atoms with Crippen molar-refractivity contribution in [3.8, 4) is 67.5 Å². The summed E-state index contributed by atoms with van der Waals surface area (Å²) >= 11 is 0. The summed E-state index contributed by atoms with van der Waals surface area (Å²) in [6.07, 6.45) is 12.0. The standard InChI is InChI=1S/C45H45N6O9P3/c52-61(53,54)31-1-22-49-25-16-37(17-26-49)34-4-10-40(11-5-34)43-46-44(41-12-6-35(7-13-41)38-18-27-50(28-19-38)23-2-32-62(55,56)57)48-45(47-43)42-14-8-36(9-15-42)39-20-29-51(30-21-39)24-3-33-63(58,59)60/h4-21,25-30H,1-3,22-24,31-33H2,(H3-3,52,53,54,55,56,57,58,59,60)/p+3. The first-order valence-electron chi connectivity index (χ1n) is 20.2. The fourth-order valence-corrected chi connectivity index (χ4v) is 8.63. The van der Waals surface area contributed by atoms with Gasteiger partial charge in [-0.15, -0.1) is 0 Å². The molecule has 0 atom stereocenters. The predicted molar refractivity (Wildman–Crippen MR) is 238 cm³/mol. The molecule has 0 aliphatic carbocycles. The van der Waals surface area contributed by atoms with E-state index in [0.29, 0.717) is 56.4 Å². The monoisotopic (exact) mass is 909 g/mol. The normalized spacial score (nSPS) is 12.1. The highest BCUT2D eigenvalue weighted by Crippen LogP contribution is 2.36. The summed E-state index contributed by atoms with van der Waals surface area (Å²) < 4.78 is 39.4. The zero-order valence-electron chi connectivity index (χ0n) is 34.2. The third kappa shape index (κ3) is 13.5. The molecule has 0 saturated heterocycles. The molecule has 0 unspecified atom stereocenters. The molecule has 0 saturated carbocycles. The van der Waals surface area contributed by atoms with Gasteiger partial charge in [0.15, 0.2) is 54.7 Å². The minimum absolute atomic E-state index is 0.161. The van der Waals surface area contributed by atoms with Crippen LogP contribution >= 0.6 is 22.8 Å². The quantitative estimate of drug-likeness (QED) is 0.0405. The maximum Gasteiger partial charge on any atom is 0.325 e. The first-order chi connectivity index (χ1) is 30.0. The number of hydrogen-bond donors (Lipinski definition) is 6. The molecule has 0 spiro atoms. The van der Waals surface area contributed by atoms with E-state index >= 15 is 0 Å². The second-order valence-corrected chi connectivity index (χ2v) is 20.6. The third-order valence-electron chi connectivity index (χ3n) is 10.3. The van der Waals surface area contributed by atoms with Crippen molar-refractivity contribution in [1.82, 2.24) is 15.0 Å². The Morgan fingerprint density at radius 1 is 0.317 bits per heavy atom. The molecule has 0 aliphatic heterocycles. The second kappa shape index (κ2) is 20.0. The molecule has 0 amide bonds. The number of aryl methyl sites for hydroxylation is 3. The van der Waals surface area contributed by atoms with Crippen LogP contribution in [-0.4, -0.2) is 62.8 Å². The molecule has 0 radical (unpaired) electrons. The Morgan fingerprint density at radius 3 is 0.714 bits per heavy atom. The molecule has 0 fully saturated rings. The number of aromatic nitrogens is 6. The Balaban J connectivity index is 1.13. The molecule has 15 nitrogen and oxygen atoms in total. The molecule has 63 heavy (non-hydrogen) atoms. The fraction of sp³-hybridized carbons (Fsp3) is 0.200. The van der Waals surface area contributed by atoms with Gasteiger partial charge in [-0.25, -0.2) is 28.7 Å². The average Bonchev–Trinajstić information content (AvgIpc) is 3.26. The maximum absolute atomic E-state index is 11.2. The fourth-order valence-electron chi connectivity index (χ4n) is 6.97. The SMILES string of the molecule is O=P(O)(O)CCC[n+]1ccc(-c2ccc(-c3nc(-c4ccc(-c5cc[n+](CCCP(=O)(O)O)cc5)cc4)nc(-c4ccc(-c5cc[n+](CCCP(=O)(O)O)cc5)cc4)n3)cc2)cc1. The van der Waals surface area contributed by atoms with Crippen molar-refractivity contribution in [3.05, 3.63) is 146 Å². The lowest BCUT2D eigenvalue weighted by Gasteiger charge is -2.10. The van der Waals surface area contributed by atoms with E-state index in [1.165, 1.54) is 0 Å². The molecule has 4 heterocycles. The van der Waals surface area contributed by atoms with Crippen LogP contribution in [0.4, 0.5) is 0 Å². The van der Waals surface area contributed by atoms with Crippen LogP contribution in [0.25, 0.3) is 67.5 Å². The Morgan fingerprint density at radius 2 is 0.508 bits per heavy atom. The molecule has 0 bridgehead atoms. The van der Waals surface area contributed by atoms with Crippen molar-refractivity contribution in [1.29, 1.82) is 0 Å². The molecule has 3 aromatic carbocycles. The van der Waals surface area contributed by atoms with E-state index in [0.717, 1.165) is 50.1 Å². The highest BCUT2D eigenvalue weighted by molar-refractivity contribution is 7.52. The van der Waals surface area contributed by atoms with Gasteiger partial charge in [0.2, 0.25) is 0 Å². The lowest BCUT2D eigenvalue weighted by molar-refractivity contribution is -0.696. The van der Waals surface area contributed by atoms with Crippen molar-refractivity contribution in [2.75, 3.05) is 18.5 Å². The molecule has 18 heteroatoms. The maximum atomic E-state index is 11.2. The molecule has 0 aliphatic rings. The van der Waals surface area contributed by atoms with Crippen molar-refractivity contribution in [2.45, 2.75) is 38.9 Å². The summed E-state index contributed by atoms with van der Waals surface area (Å²) in [5.74, 6) is 1.47.